The van der Waals surface area contributed by atoms with Gasteiger partial charge in [0, 0.05) is 5.02 Å². The molecule has 0 N–H and O–H groups in total. The number of hydrogen-bond acceptors (Lipinski definition) is 4. The van der Waals surface area contributed by atoms with Crippen molar-refractivity contribution in [3.8, 4) is 0 Å². The van der Waals surface area contributed by atoms with Crippen LogP contribution in [0.5, 0.6) is 0 Å². The number of rotatable bonds is 3. The van der Waals surface area contributed by atoms with Gasteiger partial charge in [0.25, 0.3) is 5.91 Å². The third kappa shape index (κ3) is 3.49. The molecule has 0 unspecified atom stereocenters. The zero-order valence-electron chi connectivity index (χ0n) is 16.3. The predicted octanol–water partition coefficient (Wildman–Crippen LogP) is 5.38. The van der Waals surface area contributed by atoms with Gasteiger partial charge in [0.05, 0.1) is 27.9 Å². The number of carbonyl (C=O) groups excluding carboxylic acids is 1. The van der Waals surface area contributed by atoms with Gasteiger partial charge in [0.2, 0.25) is 0 Å². The molecular formula is C23H19ClN2O3. The maximum Gasteiger partial charge on any atom is 0.280 e. The van der Waals surface area contributed by atoms with Crippen LogP contribution in [0.4, 0.5) is 5.69 Å². The standard InChI is InChI=1S/C23H19ClN2O3/c1-13(2)15-7-8-21-20(9-15)22(27)16(12-29-21)10-19-14(3)25-26(23(19)28)18-6-4-5-17(24)11-18/h4-13H,1-3H3/b19-10-. The lowest BCUT2D eigenvalue weighted by Crippen LogP contribution is -2.21. The molecule has 0 fully saturated rings. The normalized spacial score (nSPS) is 15.6. The summed E-state index contributed by atoms with van der Waals surface area (Å²) in [6, 6.07) is 12.5. The molecule has 1 aromatic heterocycles. The van der Waals surface area contributed by atoms with Crippen LogP contribution in [0.1, 0.15) is 37.8 Å². The molecule has 1 aliphatic heterocycles. The largest absolute Gasteiger partial charge is 0.463 e. The summed E-state index contributed by atoms with van der Waals surface area (Å²) in [7, 11) is 0. The molecular weight excluding hydrogens is 388 g/mol. The first-order valence-electron chi connectivity index (χ1n) is 9.28. The van der Waals surface area contributed by atoms with Crippen LogP contribution in [0.25, 0.3) is 17.0 Å². The van der Waals surface area contributed by atoms with Gasteiger partial charge in [-0.05, 0) is 54.8 Å². The maximum atomic E-state index is 13.0. The Balaban J connectivity index is 1.77. The van der Waals surface area contributed by atoms with E-state index < -0.39 is 0 Å². The number of carbonyl (C=O) groups is 1. The van der Waals surface area contributed by atoms with E-state index in [1.165, 1.54) is 11.3 Å². The monoisotopic (exact) mass is 406 g/mol. The van der Waals surface area contributed by atoms with Crippen molar-refractivity contribution in [2.45, 2.75) is 26.7 Å². The number of benzene rings is 2. The van der Waals surface area contributed by atoms with Gasteiger partial charge in [-0.1, -0.05) is 37.6 Å². The van der Waals surface area contributed by atoms with E-state index in [2.05, 4.69) is 18.9 Å². The highest BCUT2D eigenvalue weighted by molar-refractivity contribution is 6.33. The van der Waals surface area contributed by atoms with Gasteiger partial charge >= 0.3 is 0 Å². The van der Waals surface area contributed by atoms with Crippen molar-refractivity contribution in [1.82, 2.24) is 0 Å². The molecule has 4 rings (SSSR count). The molecule has 0 saturated carbocycles. The molecule has 6 heteroatoms. The average Bonchev–Trinajstić information content (AvgIpc) is 2.98. The molecule has 0 bridgehead atoms. The van der Waals surface area contributed by atoms with Crippen molar-refractivity contribution in [1.29, 1.82) is 0 Å². The van der Waals surface area contributed by atoms with Gasteiger partial charge in [-0.25, -0.2) is 0 Å². The SMILES string of the molecule is CC1=NN(c2cccc(Cl)c2)C(=O)/C1=C\c1coc2ccc(C(C)C)cc2c1=O. The zero-order valence-corrected chi connectivity index (χ0v) is 17.0. The fraction of sp³-hybridized carbons (Fsp3) is 0.174. The fourth-order valence-electron chi connectivity index (χ4n) is 3.25. The van der Waals surface area contributed by atoms with Crippen LogP contribution in [0.15, 0.2) is 68.6 Å². The van der Waals surface area contributed by atoms with Crippen LogP contribution in [0.2, 0.25) is 5.02 Å². The van der Waals surface area contributed by atoms with Crippen LogP contribution in [0.3, 0.4) is 0 Å². The third-order valence-electron chi connectivity index (χ3n) is 4.91. The Morgan fingerprint density at radius 2 is 1.93 bits per heavy atom. The number of hydrogen-bond donors (Lipinski definition) is 0. The van der Waals surface area contributed by atoms with E-state index in [0.717, 1.165) is 5.56 Å². The summed E-state index contributed by atoms with van der Waals surface area (Å²) in [5.74, 6) is -0.0296. The first kappa shape index (κ1) is 19.2. The minimum absolute atomic E-state index is 0.178. The Bertz CT molecular complexity index is 1250. The van der Waals surface area contributed by atoms with E-state index in [1.807, 2.05) is 12.1 Å². The third-order valence-corrected chi connectivity index (χ3v) is 5.14. The van der Waals surface area contributed by atoms with Crippen LogP contribution < -0.4 is 10.4 Å². The Morgan fingerprint density at radius 1 is 1.14 bits per heavy atom. The number of amides is 1. The quantitative estimate of drug-likeness (QED) is 0.549. The van der Waals surface area contributed by atoms with Gasteiger partial charge < -0.3 is 4.42 Å². The van der Waals surface area contributed by atoms with E-state index in [9.17, 15) is 9.59 Å². The predicted molar refractivity (Wildman–Crippen MR) is 117 cm³/mol. The molecule has 0 aliphatic carbocycles. The number of nitrogens with zero attached hydrogens (tertiary/aromatic N) is 2. The highest BCUT2D eigenvalue weighted by atomic mass is 35.5. The number of fused-ring (bicyclic) bond motifs is 1. The maximum absolute atomic E-state index is 13.0. The van der Waals surface area contributed by atoms with Crippen LogP contribution >= 0.6 is 11.6 Å². The summed E-state index contributed by atoms with van der Waals surface area (Å²) < 4.78 is 5.64. The van der Waals surface area contributed by atoms with Gasteiger partial charge in [-0.2, -0.15) is 10.1 Å². The summed E-state index contributed by atoms with van der Waals surface area (Å²) >= 11 is 6.03. The van der Waals surface area contributed by atoms with Crippen molar-refractivity contribution in [2.24, 2.45) is 5.10 Å². The Hall–Kier alpha value is -3.18. The molecule has 3 aromatic rings. The number of halogens is 1. The lowest BCUT2D eigenvalue weighted by Gasteiger charge is -2.11. The Labute approximate surface area is 172 Å². The van der Waals surface area contributed by atoms with Crippen LogP contribution in [0, 0.1) is 0 Å². The second-order valence-electron chi connectivity index (χ2n) is 7.27. The summed E-state index contributed by atoms with van der Waals surface area (Å²) in [5, 5.41) is 6.62. The summed E-state index contributed by atoms with van der Waals surface area (Å²) in [6.45, 7) is 5.86. The number of hydrazone groups is 1. The van der Waals surface area contributed by atoms with Gasteiger partial charge in [0.1, 0.15) is 11.8 Å². The first-order chi connectivity index (χ1) is 13.8. The molecule has 2 aromatic carbocycles. The summed E-state index contributed by atoms with van der Waals surface area (Å²) in [6.07, 6.45) is 2.92. The second-order valence-corrected chi connectivity index (χ2v) is 7.71. The van der Waals surface area contributed by atoms with E-state index in [4.69, 9.17) is 16.0 Å². The molecule has 146 valence electrons. The average molecular weight is 407 g/mol. The molecule has 0 saturated heterocycles. The molecule has 0 radical (unpaired) electrons. The number of anilines is 1. The van der Waals surface area contributed by atoms with Crippen molar-refractivity contribution < 1.29 is 9.21 Å². The van der Waals surface area contributed by atoms with Crippen LogP contribution in [-0.4, -0.2) is 11.6 Å². The van der Waals surface area contributed by atoms with Crippen LogP contribution in [-0.2, 0) is 4.79 Å². The van der Waals surface area contributed by atoms with Crippen molar-refractivity contribution in [2.75, 3.05) is 5.01 Å². The lowest BCUT2D eigenvalue weighted by atomic mass is 10.0. The van der Waals surface area contributed by atoms with E-state index in [1.54, 1.807) is 43.3 Å². The van der Waals surface area contributed by atoms with Crippen molar-refractivity contribution in [3.05, 3.63) is 80.7 Å². The van der Waals surface area contributed by atoms with Crippen molar-refractivity contribution in [3.63, 3.8) is 0 Å². The van der Waals surface area contributed by atoms with Crippen molar-refractivity contribution >= 4 is 46.0 Å². The molecule has 1 amide bonds. The summed E-state index contributed by atoms with van der Waals surface area (Å²) in [4.78, 5) is 25.9. The molecule has 0 atom stereocenters. The molecule has 2 heterocycles. The smallest absolute Gasteiger partial charge is 0.280 e. The van der Waals surface area contributed by atoms with E-state index in [-0.39, 0.29) is 17.3 Å². The highest BCUT2D eigenvalue weighted by Crippen LogP contribution is 2.27. The fourth-order valence-corrected chi connectivity index (χ4v) is 3.43. The first-order valence-corrected chi connectivity index (χ1v) is 9.65. The highest BCUT2D eigenvalue weighted by Gasteiger charge is 2.29. The Morgan fingerprint density at radius 3 is 2.66 bits per heavy atom. The molecule has 29 heavy (non-hydrogen) atoms. The van der Waals surface area contributed by atoms with Gasteiger partial charge in [-0.15, -0.1) is 0 Å². The molecule has 5 nitrogen and oxygen atoms in total. The van der Waals surface area contributed by atoms with E-state index in [0.29, 0.717) is 38.5 Å². The second kappa shape index (κ2) is 7.33. The minimum Gasteiger partial charge on any atom is -0.463 e. The van der Waals surface area contributed by atoms with Gasteiger partial charge in [-0.3, -0.25) is 9.59 Å². The molecule has 1 aliphatic rings. The molecule has 0 spiro atoms. The van der Waals surface area contributed by atoms with Gasteiger partial charge in [0.15, 0.2) is 5.43 Å². The topological polar surface area (TPSA) is 62.9 Å². The Kier molecular flexibility index (Phi) is 4.84. The minimum atomic E-state index is -0.319. The lowest BCUT2D eigenvalue weighted by molar-refractivity contribution is -0.114. The zero-order chi connectivity index (χ0) is 20.7. The van der Waals surface area contributed by atoms with E-state index >= 15 is 0 Å². The summed E-state index contributed by atoms with van der Waals surface area (Å²) in [5.41, 5.74) is 3.13.